The molecule has 0 atom stereocenters. The predicted molar refractivity (Wildman–Crippen MR) is 88.0 cm³/mol. The Balaban J connectivity index is 1.58. The van der Waals surface area contributed by atoms with Crippen molar-refractivity contribution in [3.63, 3.8) is 0 Å². The van der Waals surface area contributed by atoms with Gasteiger partial charge >= 0.3 is 0 Å². The Morgan fingerprint density at radius 3 is 2.75 bits per heavy atom. The summed E-state index contributed by atoms with van der Waals surface area (Å²) >= 11 is 1.23. The SMILES string of the molecule is CN(Cc1ccn[nH]1)Cc1nnc(C(=O)Nc2ccc(F)cc2)s1. The van der Waals surface area contributed by atoms with E-state index in [1.165, 1.54) is 35.6 Å². The molecule has 3 aromatic rings. The molecular formula is C15H15FN6OS. The summed E-state index contributed by atoms with van der Waals surface area (Å²) in [5.74, 6) is -0.715. The van der Waals surface area contributed by atoms with Crippen molar-refractivity contribution >= 4 is 22.9 Å². The molecule has 1 aromatic carbocycles. The molecule has 2 N–H and O–H groups in total. The fourth-order valence-corrected chi connectivity index (χ4v) is 2.89. The Kier molecular flexibility index (Phi) is 4.92. The summed E-state index contributed by atoms with van der Waals surface area (Å²) in [6.07, 6.45) is 1.70. The quantitative estimate of drug-likeness (QED) is 0.715. The molecule has 0 aliphatic rings. The largest absolute Gasteiger partial charge is 0.320 e. The van der Waals surface area contributed by atoms with Crippen LogP contribution in [0.15, 0.2) is 36.5 Å². The molecule has 2 aromatic heterocycles. The van der Waals surface area contributed by atoms with Crippen molar-refractivity contribution < 1.29 is 9.18 Å². The van der Waals surface area contributed by atoms with E-state index in [2.05, 4.69) is 25.7 Å². The van der Waals surface area contributed by atoms with E-state index in [1.54, 1.807) is 6.20 Å². The molecule has 7 nitrogen and oxygen atoms in total. The van der Waals surface area contributed by atoms with Crippen molar-refractivity contribution in [1.29, 1.82) is 0 Å². The highest BCUT2D eigenvalue weighted by atomic mass is 32.1. The first-order valence-corrected chi connectivity index (χ1v) is 7.98. The van der Waals surface area contributed by atoms with Crippen LogP contribution in [0, 0.1) is 5.82 Å². The lowest BCUT2D eigenvalue weighted by Crippen LogP contribution is -2.17. The summed E-state index contributed by atoms with van der Waals surface area (Å²) in [4.78, 5) is 14.2. The number of rotatable bonds is 6. The number of benzene rings is 1. The average Bonchev–Trinajstić information content (AvgIpc) is 3.21. The van der Waals surface area contributed by atoms with Crippen LogP contribution in [0.5, 0.6) is 0 Å². The summed E-state index contributed by atoms with van der Waals surface area (Å²) in [7, 11) is 1.94. The van der Waals surface area contributed by atoms with Crippen LogP contribution >= 0.6 is 11.3 Å². The third kappa shape index (κ3) is 4.21. The van der Waals surface area contributed by atoms with E-state index in [-0.39, 0.29) is 16.7 Å². The zero-order valence-corrected chi connectivity index (χ0v) is 13.7. The molecule has 0 aliphatic carbocycles. The van der Waals surface area contributed by atoms with Crippen molar-refractivity contribution in [2.75, 3.05) is 12.4 Å². The molecule has 0 unspecified atom stereocenters. The number of carbonyl (C=O) groups excluding carboxylic acids is 1. The molecule has 24 heavy (non-hydrogen) atoms. The minimum atomic E-state index is -0.360. The Morgan fingerprint density at radius 1 is 1.25 bits per heavy atom. The lowest BCUT2D eigenvalue weighted by atomic mass is 10.3. The van der Waals surface area contributed by atoms with Gasteiger partial charge in [-0.25, -0.2) is 4.39 Å². The minimum Gasteiger partial charge on any atom is -0.320 e. The summed E-state index contributed by atoms with van der Waals surface area (Å²) in [6, 6.07) is 7.45. The highest BCUT2D eigenvalue weighted by Gasteiger charge is 2.14. The van der Waals surface area contributed by atoms with E-state index in [4.69, 9.17) is 0 Å². The van der Waals surface area contributed by atoms with E-state index in [0.29, 0.717) is 18.8 Å². The number of nitrogens with zero attached hydrogens (tertiary/aromatic N) is 4. The molecule has 1 amide bonds. The fourth-order valence-electron chi connectivity index (χ4n) is 2.08. The smallest absolute Gasteiger partial charge is 0.286 e. The van der Waals surface area contributed by atoms with E-state index >= 15 is 0 Å². The Labute approximate surface area is 141 Å². The van der Waals surface area contributed by atoms with Crippen molar-refractivity contribution in [2.24, 2.45) is 0 Å². The molecule has 0 saturated carbocycles. The number of aromatic nitrogens is 4. The number of hydrogen-bond donors (Lipinski definition) is 2. The molecular weight excluding hydrogens is 331 g/mol. The van der Waals surface area contributed by atoms with E-state index in [9.17, 15) is 9.18 Å². The first-order chi connectivity index (χ1) is 11.6. The number of anilines is 1. The number of halogens is 1. The van der Waals surface area contributed by atoms with Gasteiger partial charge in [0.05, 0.1) is 6.54 Å². The fraction of sp³-hybridized carbons (Fsp3) is 0.200. The summed E-state index contributed by atoms with van der Waals surface area (Å²) in [6.45, 7) is 1.26. The number of nitrogens with one attached hydrogen (secondary N) is 2. The average molecular weight is 346 g/mol. The van der Waals surface area contributed by atoms with Crippen molar-refractivity contribution in [3.8, 4) is 0 Å². The Hall–Kier alpha value is -2.65. The standard InChI is InChI=1S/C15H15FN6OS/c1-22(8-12-6-7-17-19-12)9-13-20-21-15(24-13)14(23)18-11-4-2-10(16)3-5-11/h2-7H,8-9H2,1H3,(H,17,19)(H,18,23). The second kappa shape index (κ2) is 7.28. The topological polar surface area (TPSA) is 86.8 Å². The predicted octanol–water partition coefficient (Wildman–Crippen LogP) is 2.28. The van der Waals surface area contributed by atoms with Gasteiger partial charge in [-0.05, 0) is 37.4 Å². The molecule has 3 rings (SSSR count). The molecule has 0 bridgehead atoms. The molecule has 0 saturated heterocycles. The maximum atomic E-state index is 12.9. The Morgan fingerprint density at radius 2 is 2.04 bits per heavy atom. The number of H-pyrrole nitrogens is 1. The van der Waals surface area contributed by atoms with E-state index in [0.717, 1.165) is 10.7 Å². The maximum absolute atomic E-state index is 12.9. The van der Waals surface area contributed by atoms with Crippen LogP contribution in [0.2, 0.25) is 0 Å². The van der Waals surface area contributed by atoms with Gasteiger partial charge in [-0.1, -0.05) is 11.3 Å². The molecule has 0 radical (unpaired) electrons. The van der Waals surface area contributed by atoms with Gasteiger partial charge in [-0.2, -0.15) is 5.10 Å². The second-order valence-electron chi connectivity index (χ2n) is 5.22. The van der Waals surface area contributed by atoms with Gasteiger partial charge in [0, 0.05) is 24.1 Å². The zero-order chi connectivity index (χ0) is 16.9. The second-order valence-corrected chi connectivity index (χ2v) is 6.28. The van der Waals surface area contributed by atoms with Gasteiger partial charge in [0.1, 0.15) is 10.8 Å². The van der Waals surface area contributed by atoms with Crippen LogP contribution in [0.3, 0.4) is 0 Å². The molecule has 2 heterocycles. The van der Waals surface area contributed by atoms with Crippen molar-refractivity contribution in [3.05, 3.63) is 58.1 Å². The summed E-state index contributed by atoms with van der Waals surface area (Å²) in [5, 5.41) is 18.4. The third-order valence-corrected chi connectivity index (χ3v) is 4.07. The summed E-state index contributed by atoms with van der Waals surface area (Å²) < 4.78 is 12.9. The molecule has 0 fully saturated rings. The van der Waals surface area contributed by atoms with Crippen molar-refractivity contribution in [2.45, 2.75) is 13.1 Å². The van der Waals surface area contributed by atoms with Crippen LogP contribution in [0.4, 0.5) is 10.1 Å². The number of amides is 1. The third-order valence-electron chi connectivity index (χ3n) is 3.17. The minimum absolute atomic E-state index is 0.268. The highest BCUT2D eigenvalue weighted by Crippen LogP contribution is 2.15. The lowest BCUT2D eigenvalue weighted by molar-refractivity contribution is 0.102. The monoisotopic (exact) mass is 346 g/mol. The molecule has 9 heteroatoms. The van der Waals surface area contributed by atoms with Gasteiger partial charge in [0.15, 0.2) is 0 Å². The van der Waals surface area contributed by atoms with Gasteiger partial charge in [-0.3, -0.25) is 14.8 Å². The highest BCUT2D eigenvalue weighted by molar-refractivity contribution is 7.13. The van der Waals surface area contributed by atoms with Gasteiger partial charge < -0.3 is 5.32 Å². The van der Waals surface area contributed by atoms with Gasteiger partial charge in [0.25, 0.3) is 5.91 Å². The van der Waals surface area contributed by atoms with Crippen LogP contribution < -0.4 is 5.32 Å². The molecule has 124 valence electrons. The summed E-state index contributed by atoms with van der Waals surface area (Å²) in [5.41, 5.74) is 1.51. The van der Waals surface area contributed by atoms with Crippen LogP contribution in [-0.2, 0) is 13.1 Å². The number of carbonyl (C=O) groups is 1. The van der Waals surface area contributed by atoms with Gasteiger partial charge in [0.2, 0.25) is 5.01 Å². The number of aromatic amines is 1. The molecule has 0 aliphatic heterocycles. The van der Waals surface area contributed by atoms with Crippen LogP contribution in [0.1, 0.15) is 20.5 Å². The first-order valence-electron chi connectivity index (χ1n) is 7.16. The molecule has 0 spiro atoms. The van der Waals surface area contributed by atoms with Crippen LogP contribution in [-0.4, -0.2) is 38.2 Å². The number of hydrogen-bond acceptors (Lipinski definition) is 6. The van der Waals surface area contributed by atoms with E-state index < -0.39 is 0 Å². The first kappa shape index (κ1) is 16.2. The van der Waals surface area contributed by atoms with Crippen molar-refractivity contribution in [1.82, 2.24) is 25.3 Å². The normalized spacial score (nSPS) is 11.0. The lowest BCUT2D eigenvalue weighted by Gasteiger charge is -2.12. The van der Waals surface area contributed by atoms with E-state index in [1.807, 2.05) is 18.0 Å². The zero-order valence-electron chi connectivity index (χ0n) is 12.9. The van der Waals surface area contributed by atoms with Crippen LogP contribution in [0.25, 0.3) is 0 Å². The Bertz CT molecular complexity index is 802. The maximum Gasteiger partial charge on any atom is 0.286 e. The van der Waals surface area contributed by atoms with Gasteiger partial charge in [-0.15, -0.1) is 10.2 Å².